The number of carbonyl (C=O) groups is 2. The van der Waals surface area contributed by atoms with E-state index in [1.54, 1.807) is 0 Å². The van der Waals surface area contributed by atoms with Crippen molar-refractivity contribution >= 4 is 23.2 Å². The fourth-order valence-corrected chi connectivity index (χ4v) is 6.20. The zero-order chi connectivity index (χ0) is 26.1. The number of halogens is 1. The highest BCUT2D eigenvalue weighted by molar-refractivity contribution is 6.32. The van der Waals surface area contributed by atoms with E-state index in [2.05, 4.69) is 24.0 Å². The average Bonchev–Trinajstić information content (AvgIpc) is 2.88. The lowest BCUT2D eigenvalue weighted by atomic mass is 9.71. The fraction of sp³-hybridized carbons (Fsp3) is 0.419. The summed E-state index contributed by atoms with van der Waals surface area (Å²) in [7, 11) is 0. The largest absolute Gasteiger partial charge is 0.490 e. The molecule has 2 aliphatic carbocycles. The Kier molecular flexibility index (Phi) is 7.43. The molecule has 0 saturated heterocycles. The average molecular weight is 520 g/mol. The first-order chi connectivity index (χ1) is 17.9. The Labute approximate surface area is 224 Å². The summed E-state index contributed by atoms with van der Waals surface area (Å²) >= 11 is 6.84. The van der Waals surface area contributed by atoms with Gasteiger partial charge in [-0.2, -0.15) is 0 Å². The van der Waals surface area contributed by atoms with E-state index < -0.39 is 5.92 Å². The summed E-state index contributed by atoms with van der Waals surface area (Å²) in [6.45, 7) is 7.61. The first-order valence-corrected chi connectivity index (χ1v) is 13.7. The standard InChI is InChI=1S/C31H34ClNO4/c1-4-33-23-8-6-10-25(34)29(23)28(30-24(33)9-7-11-26(30)35)21-16-22(32)31(27(17-21)36-5-2)37-18-20-14-12-19(3)13-15-20/h12-17,28H,4-11,18H2,1-3H3. The zero-order valence-corrected chi connectivity index (χ0v) is 22.6. The SMILES string of the molecule is CCOc1cc(C2C3=C(CCCC3=O)N(CC)C3=C2C(=O)CCC3)cc(Cl)c1OCc1ccc(C)cc1. The van der Waals surface area contributed by atoms with Crippen LogP contribution in [0.1, 0.15) is 75.0 Å². The second kappa shape index (κ2) is 10.7. The van der Waals surface area contributed by atoms with Crippen LogP contribution in [0, 0.1) is 6.92 Å². The maximum Gasteiger partial charge on any atom is 0.180 e. The minimum absolute atomic E-state index is 0.128. The maximum absolute atomic E-state index is 13.4. The van der Waals surface area contributed by atoms with E-state index in [1.165, 1.54) is 5.56 Å². The lowest BCUT2D eigenvalue weighted by Gasteiger charge is -2.43. The highest BCUT2D eigenvalue weighted by atomic mass is 35.5. The number of benzene rings is 2. The first-order valence-electron chi connectivity index (χ1n) is 13.4. The van der Waals surface area contributed by atoms with E-state index in [4.69, 9.17) is 21.1 Å². The lowest BCUT2D eigenvalue weighted by Crippen LogP contribution is -2.39. The number of ketones is 2. The van der Waals surface area contributed by atoms with E-state index in [0.717, 1.165) is 65.9 Å². The number of carbonyl (C=O) groups excluding carboxylic acids is 2. The number of hydrogen-bond donors (Lipinski definition) is 0. The summed E-state index contributed by atoms with van der Waals surface area (Å²) in [4.78, 5) is 29.0. The Bertz CT molecular complexity index is 1250. The molecule has 37 heavy (non-hydrogen) atoms. The molecule has 0 unspecified atom stereocenters. The molecule has 194 valence electrons. The summed E-state index contributed by atoms with van der Waals surface area (Å²) in [6.07, 6.45) is 4.39. The Morgan fingerprint density at radius 2 is 1.51 bits per heavy atom. The molecule has 0 aromatic heterocycles. The Morgan fingerprint density at radius 3 is 2.08 bits per heavy atom. The molecule has 0 spiro atoms. The zero-order valence-electron chi connectivity index (χ0n) is 21.9. The number of hydrogen-bond acceptors (Lipinski definition) is 5. The number of aryl methyl sites for hydroxylation is 1. The Hall–Kier alpha value is -3.05. The van der Waals surface area contributed by atoms with Crippen LogP contribution in [0.25, 0.3) is 0 Å². The lowest BCUT2D eigenvalue weighted by molar-refractivity contribution is -0.117. The first kappa shape index (κ1) is 25.6. The van der Waals surface area contributed by atoms with Crippen molar-refractivity contribution < 1.29 is 19.1 Å². The monoisotopic (exact) mass is 519 g/mol. The molecule has 1 aliphatic heterocycles. The van der Waals surface area contributed by atoms with Crippen molar-refractivity contribution in [2.45, 2.75) is 71.8 Å². The van der Waals surface area contributed by atoms with Gasteiger partial charge in [-0.1, -0.05) is 41.4 Å². The third kappa shape index (κ3) is 4.82. The summed E-state index contributed by atoms with van der Waals surface area (Å²) < 4.78 is 12.2. The van der Waals surface area contributed by atoms with Crippen molar-refractivity contribution in [3.63, 3.8) is 0 Å². The summed E-state index contributed by atoms with van der Waals surface area (Å²) in [5.41, 5.74) is 6.70. The number of allylic oxidation sites excluding steroid dienone is 4. The molecule has 5 nitrogen and oxygen atoms in total. The van der Waals surface area contributed by atoms with Crippen LogP contribution >= 0.6 is 11.6 Å². The molecule has 0 N–H and O–H groups in total. The number of rotatable bonds is 7. The Morgan fingerprint density at radius 1 is 0.892 bits per heavy atom. The summed E-state index contributed by atoms with van der Waals surface area (Å²) in [5, 5.41) is 0.418. The quantitative estimate of drug-likeness (QED) is 0.392. The van der Waals surface area contributed by atoms with Gasteiger partial charge in [-0.15, -0.1) is 0 Å². The molecule has 6 heteroatoms. The van der Waals surface area contributed by atoms with Gasteiger partial charge in [0.1, 0.15) is 6.61 Å². The molecule has 0 radical (unpaired) electrons. The van der Waals surface area contributed by atoms with Crippen molar-refractivity contribution in [2.75, 3.05) is 13.2 Å². The molecule has 2 aromatic carbocycles. The van der Waals surface area contributed by atoms with Crippen LogP contribution in [0.5, 0.6) is 11.5 Å². The van der Waals surface area contributed by atoms with Crippen LogP contribution in [0.3, 0.4) is 0 Å². The van der Waals surface area contributed by atoms with Crippen molar-refractivity contribution in [1.29, 1.82) is 0 Å². The molecule has 0 atom stereocenters. The second-order valence-electron chi connectivity index (χ2n) is 9.99. The highest BCUT2D eigenvalue weighted by Crippen LogP contribution is 2.51. The van der Waals surface area contributed by atoms with Crippen LogP contribution in [0.2, 0.25) is 5.02 Å². The summed E-state index contributed by atoms with van der Waals surface area (Å²) in [5.74, 6) is 0.848. The van der Waals surface area contributed by atoms with Gasteiger partial charge in [0, 0.05) is 47.8 Å². The van der Waals surface area contributed by atoms with Crippen molar-refractivity contribution in [3.05, 3.63) is 80.7 Å². The van der Waals surface area contributed by atoms with Gasteiger partial charge in [-0.3, -0.25) is 9.59 Å². The van der Waals surface area contributed by atoms with Crippen LogP contribution in [-0.4, -0.2) is 29.6 Å². The predicted octanol–water partition coefficient (Wildman–Crippen LogP) is 7.06. The number of Topliss-reactive ketones (excluding diaryl/α,β-unsaturated/α-hetero) is 2. The highest BCUT2D eigenvalue weighted by Gasteiger charge is 2.43. The van der Waals surface area contributed by atoms with Crippen molar-refractivity contribution in [3.8, 4) is 11.5 Å². The molecule has 5 rings (SSSR count). The third-order valence-corrected chi connectivity index (χ3v) is 7.85. The smallest absolute Gasteiger partial charge is 0.180 e. The molecule has 0 amide bonds. The van der Waals surface area contributed by atoms with Gasteiger partial charge in [0.25, 0.3) is 0 Å². The molecule has 0 fully saturated rings. The minimum Gasteiger partial charge on any atom is -0.490 e. The number of ether oxygens (including phenoxy) is 2. The number of nitrogens with zero attached hydrogens (tertiary/aromatic N) is 1. The molecule has 1 heterocycles. The normalized spacial score (nSPS) is 18.2. The molecule has 0 bridgehead atoms. The molecular formula is C31H34ClNO4. The minimum atomic E-state index is -0.420. The molecule has 0 saturated carbocycles. The van der Waals surface area contributed by atoms with Gasteiger partial charge < -0.3 is 14.4 Å². The Balaban J connectivity index is 1.60. The van der Waals surface area contributed by atoms with Crippen LogP contribution in [0.4, 0.5) is 0 Å². The fourth-order valence-electron chi connectivity index (χ4n) is 5.93. The van der Waals surface area contributed by atoms with E-state index in [-0.39, 0.29) is 11.6 Å². The van der Waals surface area contributed by atoms with Gasteiger partial charge in [0.05, 0.1) is 11.6 Å². The van der Waals surface area contributed by atoms with Gasteiger partial charge in [-0.25, -0.2) is 0 Å². The maximum atomic E-state index is 13.4. The molecule has 2 aromatic rings. The predicted molar refractivity (Wildman–Crippen MR) is 145 cm³/mol. The van der Waals surface area contributed by atoms with Crippen LogP contribution in [-0.2, 0) is 16.2 Å². The summed E-state index contributed by atoms with van der Waals surface area (Å²) in [6, 6.07) is 11.9. The van der Waals surface area contributed by atoms with Gasteiger partial charge in [0.15, 0.2) is 23.1 Å². The van der Waals surface area contributed by atoms with Gasteiger partial charge >= 0.3 is 0 Å². The third-order valence-electron chi connectivity index (χ3n) is 7.57. The van der Waals surface area contributed by atoms with Crippen molar-refractivity contribution in [2.24, 2.45) is 0 Å². The van der Waals surface area contributed by atoms with Crippen LogP contribution in [0.15, 0.2) is 58.9 Å². The van der Waals surface area contributed by atoms with E-state index in [9.17, 15) is 9.59 Å². The van der Waals surface area contributed by atoms with E-state index in [0.29, 0.717) is 42.6 Å². The van der Waals surface area contributed by atoms with Gasteiger partial charge in [-0.05, 0) is 69.7 Å². The topological polar surface area (TPSA) is 55.8 Å². The molecular weight excluding hydrogens is 486 g/mol. The van der Waals surface area contributed by atoms with E-state index >= 15 is 0 Å². The van der Waals surface area contributed by atoms with Crippen LogP contribution < -0.4 is 9.47 Å². The second-order valence-corrected chi connectivity index (χ2v) is 10.4. The van der Waals surface area contributed by atoms with E-state index in [1.807, 2.05) is 38.1 Å². The molecule has 3 aliphatic rings. The van der Waals surface area contributed by atoms with Gasteiger partial charge in [0.2, 0.25) is 0 Å². The van der Waals surface area contributed by atoms with Crippen molar-refractivity contribution in [1.82, 2.24) is 4.90 Å².